The molecule has 1 heterocycles. The summed E-state index contributed by atoms with van der Waals surface area (Å²) in [4.78, 5) is 5.78. The third-order valence-corrected chi connectivity index (χ3v) is 8.29. The van der Waals surface area contributed by atoms with E-state index in [0.717, 1.165) is 44.3 Å². The van der Waals surface area contributed by atoms with Crippen LogP contribution in [-0.2, 0) is 16.4 Å². The Kier molecular flexibility index (Phi) is 6.76. The highest BCUT2D eigenvalue weighted by Gasteiger charge is 2.25. The molecule has 30 heavy (non-hydrogen) atoms. The summed E-state index contributed by atoms with van der Waals surface area (Å²) in [5.74, 6) is 0.646. The molecule has 6 heteroatoms. The third kappa shape index (κ3) is 4.88. The van der Waals surface area contributed by atoms with Gasteiger partial charge in [0, 0.05) is 38.8 Å². The molecule has 0 atom stereocenters. The molecular formula is C24H32N2O3S. The summed E-state index contributed by atoms with van der Waals surface area (Å²) < 4.78 is 30.8. The van der Waals surface area contributed by atoms with Crippen molar-refractivity contribution in [3.05, 3.63) is 54.1 Å². The molecule has 2 aromatic carbocycles. The fourth-order valence-corrected chi connectivity index (χ4v) is 5.92. The van der Waals surface area contributed by atoms with Crippen molar-refractivity contribution < 1.29 is 13.2 Å². The number of piperazine rings is 1. The van der Waals surface area contributed by atoms with Crippen molar-refractivity contribution >= 4 is 9.84 Å². The SMILES string of the molecule is COc1ccc(S(=O)(=O)c2ccc(CN3CCN(C4CCCCC4)CC3)cc2)cc1. The van der Waals surface area contributed by atoms with E-state index in [-0.39, 0.29) is 4.90 Å². The summed E-state index contributed by atoms with van der Waals surface area (Å²) in [6.07, 6.45) is 6.90. The predicted octanol–water partition coefficient (Wildman–Crippen LogP) is 3.98. The molecule has 0 amide bonds. The van der Waals surface area contributed by atoms with E-state index >= 15 is 0 Å². The van der Waals surface area contributed by atoms with E-state index in [1.54, 1.807) is 43.5 Å². The summed E-state index contributed by atoms with van der Waals surface area (Å²) >= 11 is 0. The van der Waals surface area contributed by atoms with Gasteiger partial charge in [0.2, 0.25) is 9.84 Å². The number of methoxy groups -OCH3 is 1. The first-order valence-corrected chi connectivity index (χ1v) is 12.5. The molecule has 2 fully saturated rings. The highest BCUT2D eigenvalue weighted by Crippen LogP contribution is 2.25. The highest BCUT2D eigenvalue weighted by molar-refractivity contribution is 7.91. The van der Waals surface area contributed by atoms with Crippen molar-refractivity contribution in [2.75, 3.05) is 33.3 Å². The van der Waals surface area contributed by atoms with Crippen molar-refractivity contribution in [3.63, 3.8) is 0 Å². The number of ether oxygens (including phenoxy) is 1. The van der Waals surface area contributed by atoms with Gasteiger partial charge in [-0.05, 0) is 54.8 Å². The normalized spacial score (nSPS) is 19.6. The lowest BCUT2D eigenvalue weighted by molar-refractivity contribution is 0.0755. The molecule has 0 bridgehead atoms. The minimum absolute atomic E-state index is 0.287. The summed E-state index contributed by atoms with van der Waals surface area (Å²) in [5.41, 5.74) is 1.16. The molecule has 0 N–H and O–H groups in total. The Morgan fingerprint density at radius 1 is 0.833 bits per heavy atom. The van der Waals surface area contributed by atoms with Gasteiger partial charge in [-0.25, -0.2) is 8.42 Å². The van der Waals surface area contributed by atoms with Crippen LogP contribution in [0.4, 0.5) is 0 Å². The molecule has 1 saturated heterocycles. The van der Waals surface area contributed by atoms with E-state index in [4.69, 9.17) is 4.74 Å². The van der Waals surface area contributed by atoms with Crippen molar-refractivity contribution in [2.24, 2.45) is 0 Å². The van der Waals surface area contributed by atoms with Gasteiger partial charge in [0.25, 0.3) is 0 Å². The molecule has 162 valence electrons. The summed E-state index contributed by atoms with van der Waals surface area (Å²) in [5, 5.41) is 0. The number of sulfone groups is 1. The molecule has 1 aliphatic carbocycles. The molecule has 0 aromatic heterocycles. The zero-order chi connectivity index (χ0) is 21.0. The van der Waals surface area contributed by atoms with Crippen molar-refractivity contribution in [1.29, 1.82) is 0 Å². The highest BCUT2D eigenvalue weighted by atomic mass is 32.2. The van der Waals surface area contributed by atoms with Crippen LogP contribution in [0.2, 0.25) is 0 Å². The second kappa shape index (κ2) is 9.50. The molecular weight excluding hydrogens is 396 g/mol. The molecule has 0 unspecified atom stereocenters. The van der Waals surface area contributed by atoms with Crippen LogP contribution in [0.1, 0.15) is 37.7 Å². The van der Waals surface area contributed by atoms with Gasteiger partial charge in [0.15, 0.2) is 0 Å². The maximum atomic E-state index is 12.9. The first-order valence-electron chi connectivity index (χ1n) is 11.0. The van der Waals surface area contributed by atoms with Gasteiger partial charge in [0.1, 0.15) is 5.75 Å². The molecule has 4 rings (SSSR count). The topological polar surface area (TPSA) is 49.9 Å². The van der Waals surface area contributed by atoms with Crippen LogP contribution in [0.15, 0.2) is 58.3 Å². The Balaban J connectivity index is 1.34. The average molecular weight is 429 g/mol. The van der Waals surface area contributed by atoms with Gasteiger partial charge in [-0.2, -0.15) is 0 Å². The molecule has 1 saturated carbocycles. The molecule has 1 aliphatic heterocycles. The van der Waals surface area contributed by atoms with Crippen LogP contribution in [0.3, 0.4) is 0 Å². The fraction of sp³-hybridized carbons (Fsp3) is 0.500. The second-order valence-corrected chi connectivity index (χ2v) is 10.4. The van der Waals surface area contributed by atoms with Crippen LogP contribution in [0.25, 0.3) is 0 Å². The Morgan fingerprint density at radius 3 is 1.97 bits per heavy atom. The van der Waals surface area contributed by atoms with Crippen LogP contribution in [0, 0.1) is 0 Å². The number of rotatable bonds is 6. The van der Waals surface area contributed by atoms with Crippen molar-refractivity contribution in [3.8, 4) is 5.75 Å². The maximum Gasteiger partial charge on any atom is 0.206 e. The van der Waals surface area contributed by atoms with Gasteiger partial charge in [-0.1, -0.05) is 31.4 Å². The molecule has 5 nitrogen and oxygen atoms in total. The summed E-state index contributed by atoms with van der Waals surface area (Å²) in [6, 6.07) is 14.7. The Morgan fingerprint density at radius 2 is 1.40 bits per heavy atom. The minimum Gasteiger partial charge on any atom is -0.497 e. The number of hydrogen-bond donors (Lipinski definition) is 0. The number of nitrogens with zero attached hydrogens (tertiary/aromatic N) is 2. The smallest absolute Gasteiger partial charge is 0.206 e. The van der Waals surface area contributed by atoms with E-state index in [0.29, 0.717) is 10.6 Å². The van der Waals surface area contributed by atoms with Gasteiger partial charge < -0.3 is 4.74 Å². The first-order chi connectivity index (χ1) is 14.6. The van der Waals surface area contributed by atoms with Gasteiger partial charge >= 0.3 is 0 Å². The molecule has 0 radical (unpaired) electrons. The van der Waals surface area contributed by atoms with Crippen molar-refractivity contribution in [2.45, 2.75) is 54.5 Å². The standard InChI is InChI=1S/C24H32N2O3S/c1-29-22-9-13-24(14-10-22)30(27,28)23-11-7-20(8-12-23)19-25-15-17-26(18-16-25)21-5-3-2-4-6-21/h7-14,21H,2-6,15-19H2,1H3. The average Bonchev–Trinajstić information content (AvgIpc) is 2.80. The van der Waals surface area contributed by atoms with Gasteiger partial charge in [0.05, 0.1) is 16.9 Å². The van der Waals surface area contributed by atoms with E-state index in [2.05, 4.69) is 9.80 Å². The second-order valence-electron chi connectivity index (χ2n) is 8.43. The number of benzene rings is 2. The monoisotopic (exact) mass is 428 g/mol. The lowest BCUT2D eigenvalue weighted by Gasteiger charge is -2.40. The van der Waals surface area contributed by atoms with E-state index < -0.39 is 9.84 Å². The van der Waals surface area contributed by atoms with Crippen LogP contribution >= 0.6 is 0 Å². The fourth-order valence-electron chi connectivity index (χ4n) is 4.66. The minimum atomic E-state index is -3.51. The van der Waals surface area contributed by atoms with Crippen LogP contribution < -0.4 is 4.74 Å². The van der Waals surface area contributed by atoms with E-state index in [9.17, 15) is 8.42 Å². The van der Waals surface area contributed by atoms with Gasteiger partial charge in [-0.3, -0.25) is 9.80 Å². The first kappa shape index (κ1) is 21.3. The van der Waals surface area contributed by atoms with Gasteiger partial charge in [-0.15, -0.1) is 0 Å². The molecule has 2 aliphatic rings. The molecule has 0 spiro atoms. The zero-order valence-corrected chi connectivity index (χ0v) is 18.6. The van der Waals surface area contributed by atoms with E-state index in [1.807, 2.05) is 12.1 Å². The Bertz CT molecular complexity index is 912. The Hall–Kier alpha value is -1.89. The maximum absolute atomic E-state index is 12.9. The third-order valence-electron chi connectivity index (χ3n) is 6.51. The predicted molar refractivity (Wildman–Crippen MR) is 119 cm³/mol. The van der Waals surface area contributed by atoms with Crippen molar-refractivity contribution in [1.82, 2.24) is 9.80 Å². The largest absolute Gasteiger partial charge is 0.497 e. The summed E-state index contributed by atoms with van der Waals surface area (Å²) in [6.45, 7) is 5.34. The zero-order valence-electron chi connectivity index (χ0n) is 17.8. The summed E-state index contributed by atoms with van der Waals surface area (Å²) in [7, 11) is -1.94. The quantitative estimate of drug-likeness (QED) is 0.697. The molecule has 2 aromatic rings. The lowest BCUT2D eigenvalue weighted by atomic mass is 9.94. The van der Waals surface area contributed by atoms with E-state index in [1.165, 1.54) is 32.1 Å². The Labute approximate surface area is 180 Å². The number of hydrogen-bond acceptors (Lipinski definition) is 5. The van der Waals surface area contributed by atoms with Crippen LogP contribution in [0.5, 0.6) is 5.75 Å². The van der Waals surface area contributed by atoms with Crippen LogP contribution in [-0.4, -0.2) is 57.5 Å². The lowest BCUT2D eigenvalue weighted by Crippen LogP contribution is -2.50.